The molecule has 0 atom stereocenters. The molecule has 3 heterocycles. The fourth-order valence-electron chi connectivity index (χ4n) is 1.91. The summed E-state index contributed by atoms with van der Waals surface area (Å²) in [4.78, 5) is 12.6. The molecule has 6 nitrogen and oxygen atoms in total. The first kappa shape index (κ1) is 12.4. The summed E-state index contributed by atoms with van der Waals surface area (Å²) in [5.74, 6) is 2.01. The fourth-order valence-corrected chi connectivity index (χ4v) is 2.37. The van der Waals surface area contributed by atoms with Crippen LogP contribution in [-0.4, -0.2) is 24.7 Å². The maximum absolute atomic E-state index is 6.17. The molecule has 0 N–H and O–H groups in total. The number of pyridine rings is 1. The number of hydrogen-bond donors (Lipinski definition) is 0. The Hall–Kier alpha value is -1.66. The molecule has 8 heteroatoms. The number of aromatic nitrogens is 5. The molecule has 0 aliphatic heterocycles. The van der Waals surface area contributed by atoms with Gasteiger partial charge in [0.1, 0.15) is 17.9 Å². The third-order valence-electron chi connectivity index (χ3n) is 2.67. The van der Waals surface area contributed by atoms with E-state index in [2.05, 4.69) is 20.1 Å². The number of rotatable bonds is 3. The Labute approximate surface area is 118 Å². The largest absolute Gasteiger partial charge is 0.337 e. The van der Waals surface area contributed by atoms with Gasteiger partial charge in [-0.25, -0.2) is 4.98 Å². The van der Waals surface area contributed by atoms with Gasteiger partial charge in [0.15, 0.2) is 5.82 Å². The Balaban J connectivity index is 2.15. The highest BCUT2D eigenvalue weighted by molar-refractivity contribution is 6.34. The number of halogens is 2. The molecule has 0 aliphatic rings. The molecular weight excluding hydrogens is 289 g/mol. The predicted molar refractivity (Wildman–Crippen MR) is 70.2 cm³/mol. The molecule has 0 fully saturated rings. The normalized spacial score (nSPS) is 11.3. The van der Waals surface area contributed by atoms with Gasteiger partial charge in [0, 0.05) is 6.20 Å². The molecule has 19 heavy (non-hydrogen) atoms. The van der Waals surface area contributed by atoms with Crippen molar-refractivity contribution in [2.75, 3.05) is 0 Å². The van der Waals surface area contributed by atoms with Crippen LogP contribution in [0.5, 0.6) is 0 Å². The number of imidazole rings is 1. The van der Waals surface area contributed by atoms with Crippen LogP contribution < -0.4 is 0 Å². The summed E-state index contributed by atoms with van der Waals surface area (Å²) in [6.07, 6.45) is 3.21. The monoisotopic (exact) mass is 297 g/mol. The van der Waals surface area contributed by atoms with E-state index in [-0.39, 0.29) is 5.88 Å². The molecule has 3 rings (SSSR count). The van der Waals surface area contributed by atoms with Gasteiger partial charge in [-0.1, -0.05) is 16.8 Å². The lowest BCUT2D eigenvalue weighted by atomic mass is 10.4. The van der Waals surface area contributed by atoms with E-state index in [1.165, 1.54) is 0 Å². The molecule has 0 aromatic carbocycles. The van der Waals surface area contributed by atoms with E-state index in [9.17, 15) is 0 Å². The van der Waals surface area contributed by atoms with Crippen LogP contribution in [0.2, 0.25) is 5.02 Å². The van der Waals surface area contributed by atoms with E-state index in [0.29, 0.717) is 34.6 Å². The highest BCUT2D eigenvalue weighted by Crippen LogP contribution is 2.25. The van der Waals surface area contributed by atoms with Crippen molar-refractivity contribution in [3.05, 3.63) is 35.0 Å². The van der Waals surface area contributed by atoms with Crippen molar-refractivity contribution in [2.24, 2.45) is 0 Å². The van der Waals surface area contributed by atoms with Gasteiger partial charge in [0.05, 0.1) is 22.6 Å². The Morgan fingerprint density at radius 2 is 2.16 bits per heavy atom. The van der Waals surface area contributed by atoms with E-state index < -0.39 is 0 Å². The van der Waals surface area contributed by atoms with Crippen LogP contribution in [-0.2, 0) is 12.4 Å². The maximum atomic E-state index is 6.17. The predicted octanol–water partition coefficient (Wildman–Crippen LogP) is 2.56. The van der Waals surface area contributed by atoms with Gasteiger partial charge in [-0.05, 0) is 6.92 Å². The summed E-state index contributed by atoms with van der Waals surface area (Å²) in [7, 11) is 0. The molecule has 0 unspecified atom stereocenters. The second-order valence-electron chi connectivity index (χ2n) is 3.97. The summed E-state index contributed by atoms with van der Waals surface area (Å²) in [5, 5.41) is 4.27. The molecule has 0 saturated heterocycles. The summed E-state index contributed by atoms with van der Waals surface area (Å²) < 4.78 is 6.97. The zero-order valence-corrected chi connectivity index (χ0v) is 11.5. The molecule has 3 aromatic rings. The van der Waals surface area contributed by atoms with Crippen molar-refractivity contribution in [1.82, 2.24) is 24.7 Å². The van der Waals surface area contributed by atoms with Gasteiger partial charge in [-0.2, -0.15) is 4.98 Å². The third kappa shape index (κ3) is 2.17. The van der Waals surface area contributed by atoms with Crippen LogP contribution in [0.3, 0.4) is 0 Å². The van der Waals surface area contributed by atoms with Gasteiger partial charge < -0.3 is 9.09 Å². The molecule has 0 amide bonds. The van der Waals surface area contributed by atoms with Crippen LogP contribution >= 0.6 is 23.2 Å². The van der Waals surface area contributed by atoms with Crippen LogP contribution in [0.15, 0.2) is 16.9 Å². The summed E-state index contributed by atoms with van der Waals surface area (Å²) in [6, 6.07) is 0. The van der Waals surface area contributed by atoms with Gasteiger partial charge in [0.2, 0.25) is 5.89 Å². The minimum Gasteiger partial charge on any atom is -0.337 e. The van der Waals surface area contributed by atoms with Crippen molar-refractivity contribution in [3.63, 3.8) is 0 Å². The van der Waals surface area contributed by atoms with E-state index in [4.69, 9.17) is 27.7 Å². The Morgan fingerprint density at radius 1 is 1.32 bits per heavy atom. The first-order chi connectivity index (χ1) is 9.19. The zero-order chi connectivity index (χ0) is 13.4. The zero-order valence-electron chi connectivity index (χ0n) is 9.97. The number of nitrogens with zero attached hydrogens (tertiary/aromatic N) is 5. The minimum absolute atomic E-state index is 0.262. The lowest BCUT2D eigenvalue weighted by Gasteiger charge is -2.04. The van der Waals surface area contributed by atoms with Gasteiger partial charge in [0.25, 0.3) is 0 Å². The van der Waals surface area contributed by atoms with Crippen molar-refractivity contribution >= 4 is 34.2 Å². The summed E-state index contributed by atoms with van der Waals surface area (Å²) in [5.41, 5.74) is 1.46. The molecule has 0 saturated carbocycles. The van der Waals surface area contributed by atoms with Crippen molar-refractivity contribution < 1.29 is 4.52 Å². The molecule has 0 spiro atoms. The molecular formula is C11H9Cl2N5O. The van der Waals surface area contributed by atoms with Crippen LogP contribution in [0.4, 0.5) is 0 Å². The molecule has 0 radical (unpaired) electrons. The molecule has 0 bridgehead atoms. The van der Waals surface area contributed by atoms with E-state index in [1.807, 2.05) is 4.57 Å². The molecule has 98 valence electrons. The first-order valence-electron chi connectivity index (χ1n) is 5.53. The maximum Gasteiger partial charge on any atom is 0.246 e. The quantitative estimate of drug-likeness (QED) is 0.695. The highest BCUT2D eigenvalue weighted by Gasteiger charge is 2.15. The first-order valence-corrected chi connectivity index (χ1v) is 6.44. The average molecular weight is 298 g/mol. The SMILES string of the molecule is Cc1noc(Cn2c(CCl)nc3cncc(Cl)c32)n1. The number of hydrogen-bond acceptors (Lipinski definition) is 5. The second kappa shape index (κ2) is 4.79. The smallest absolute Gasteiger partial charge is 0.246 e. The lowest BCUT2D eigenvalue weighted by Crippen LogP contribution is -2.04. The molecule has 0 aliphatic carbocycles. The van der Waals surface area contributed by atoms with Gasteiger partial charge >= 0.3 is 0 Å². The average Bonchev–Trinajstić information content (AvgIpc) is 2.95. The Kier molecular flexibility index (Phi) is 3.12. The highest BCUT2D eigenvalue weighted by atomic mass is 35.5. The lowest BCUT2D eigenvalue weighted by molar-refractivity contribution is 0.368. The second-order valence-corrected chi connectivity index (χ2v) is 4.65. The summed E-state index contributed by atoms with van der Waals surface area (Å²) >= 11 is 12.1. The number of fused-ring (bicyclic) bond motifs is 1. The van der Waals surface area contributed by atoms with E-state index >= 15 is 0 Å². The number of aryl methyl sites for hydroxylation is 1. The van der Waals surface area contributed by atoms with Crippen molar-refractivity contribution in [2.45, 2.75) is 19.3 Å². The third-order valence-corrected chi connectivity index (χ3v) is 3.18. The van der Waals surface area contributed by atoms with Crippen LogP contribution in [0.25, 0.3) is 11.0 Å². The topological polar surface area (TPSA) is 69.6 Å². The summed E-state index contributed by atoms with van der Waals surface area (Å²) in [6.45, 7) is 2.14. The Morgan fingerprint density at radius 3 is 2.84 bits per heavy atom. The molecule has 3 aromatic heterocycles. The van der Waals surface area contributed by atoms with Crippen LogP contribution in [0.1, 0.15) is 17.5 Å². The van der Waals surface area contributed by atoms with Crippen molar-refractivity contribution in [3.8, 4) is 0 Å². The minimum atomic E-state index is 0.262. The number of alkyl halides is 1. The van der Waals surface area contributed by atoms with E-state index in [0.717, 1.165) is 5.52 Å². The van der Waals surface area contributed by atoms with E-state index in [1.54, 1.807) is 19.3 Å². The Bertz CT molecular complexity index is 736. The van der Waals surface area contributed by atoms with Crippen LogP contribution in [0, 0.1) is 6.92 Å². The fraction of sp³-hybridized carbons (Fsp3) is 0.273. The van der Waals surface area contributed by atoms with Gasteiger partial charge in [-0.15, -0.1) is 11.6 Å². The van der Waals surface area contributed by atoms with Gasteiger partial charge in [-0.3, -0.25) is 4.98 Å². The standard InChI is InChI=1S/C11H9Cl2N5O/c1-6-15-10(19-17-6)5-18-9(2-12)16-8-4-14-3-7(13)11(8)18/h3-4H,2,5H2,1H3. The van der Waals surface area contributed by atoms with Crippen molar-refractivity contribution in [1.29, 1.82) is 0 Å².